The summed E-state index contributed by atoms with van der Waals surface area (Å²) in [7, 11) is 1.26. The third-order valence-electron chi connectivity index (χ3n) is 3.44. The summed E-state index contributed by atoms with van der Waals surface area (Å²) in [5, 5.41) is 6.71. The summed E-state index contributed by atoms with van der Waals surface area (Å²) in [5.74, 6) is -0.242. The van der Waals surface area contributed by atoms with Gasteiger partial charge in [0.15, 0.2) is 5.82 Å². The molecule has 0 spiro atoms. The molecule has 0 saturated heterocycles. The normalized spacial score (nSPS) is 12.7. The van der Waals surface area contributed by atoms with Crippen LogP contribution < -0.4 is 11.1 Å². The highest BCUT2D eigenvalue weighted by Gasteiger charge is 2.27. The van der Waals surface area contributed by atoms with Gasteiger partial charge in [-0.25, -0.2) is 19.1 Å². The Labute approximate surface area is 145 Å². The summed E-state index contributed by atoms with van der Waals surface area (Å²) in [6.07, 6.45) is 0.798. The lowest BCUT2D eigenvalue weighted by atomic mass is 10.1. The van der Waals surface area contributed by atoms with E-state index < -0.39 is 23.7 Å². The number of carbonyl (C=O) groups excluding carboxylic acids is 2. The van der Waals surface area contributed by atoms with Gasteiger partial charge in [-0.05, 0) is 39.3 Å². The molecule has 0 fully saturated rings. The van der Waals surface area contributed by atoms with E-state index in [2.05, 4.69) is 15.4 Å². The van der Waals surface area contributed by atoms with Crippen molar-refractivity contribution in [1.29, 1.82) is 0 Å². The first-order chi connectivity index (χ1) is 11.6. The molecular weight excluding hydrogens is 326 g/mol. The van der Waals surface area contributed by atoms with E-state index in [-0.39, 0.29) is 6.42 Å². The number of nitrogen functional groups attached to an aromatic ring is 1. The molecule has 25 heavy (non-hydrogen) atoms. The quantitative estimate of drug-likeness (QED) is 0.796. The summed E-state index contributed by atoms with van der Waals surface area (Å²) in [6.45, 7) is 7.09. The van der Waals surface area contributed by atoms with Crippen molar-refractivity contribution in [1.82, 2.24) is 19.9 Å². The Kier molecular flexibility index (Phi) is 5.15. The van der Waals surface area contributed by atoms with Crippen molar-refractivity contribution in [2.75, 3.05) is 12.8 Å². The Morgan fingerprint density at radius 2 is 2.08 bits per heavy atom. The average molecular weight is 349 g/mol. The van der Waals surface area contributed by atoms with Crippen LogP contribution in [0.1, 0.15) is 32.0 Å². The predicted octanol–water partition coefficient (Wildman–Crippen LogP) is 1.23. The van der Waals surface area contributed by atoms with Gasteiger partial charge in [0, 0.05) is 12.1 Å². The van der Waals surface area contributed by atoms with Crippen molar-refractivity contribution in [3.05, 3.63) is 23.7 Å². The smallest absolute Gasteiger partial charge is 0.408 e. The van der Waals surface area contributed by atoms with Crippen LogP contribution in [-0.4, -0.2) is 45.4 Å². The number of methoxy groups -OCH3 is 1. The summed E-state index contributed by atoms with van der Waals surface area (Å²) in [6, 6.07) is 0.918. The fourth-order valence-electron chi connectivity index (χ4n) is 2.47. The minimum Gasteiger partial charge on any atom is -0.467 e. The van der Waals surface area contributed by atoms with Gasteiger partial charge in [0.25, 0.3) is 0 Å². The number of nitrogens with one attached hydrogen (secondary N) is 1. The zero-order valence-corrected chi connectivity index (χ0v) is 15.0. The highest BCUT2D eigenvalue weighted by atomic mass is 16.6. The molecule has 9 heteroatoms. The summed E-state index contributed by atoms with van der Waals surface area (Å²) < 4.78 is 11.6. The third-order valence-corrected chi connectivity index (χ3v) is 3.44. The second kappa shape index (κ2) is 6.96. The molecule has 1 unspecified atom stereocenters. The van der Waals surface area contributed by atoms with Crippen LogP contribution in [0.5, 0.6) is 0 Å². The summed E-state index contributed by atoms with van der Waals surface area (Å²) >= 11 is 0. The number of anilines is 1. The van der Waals surface area contributed by atoms with E-state index in [1.54, 1.807) is 25.3 Å². The Morgan fingerprint density at radius 3 is 2.68 bits per heavy atom. The minimum absolute atomic E-state index is 0.164. The molecule has 0 aliphatic heterocycles. The number of carbonyl (C=O) groups is 2. The van der Waals surface area contributed by atoms with Crippen LogP contribution in [0.2, 0.25) is 0 Å². The molecule has 2 aromatic rings. The monoisotopic (exact) mass is 349 g/mol. The van der Waals surface area contributed by atoms with Crippen molar-refractivity contribution in [2.45, 2.75) is 45.8 Å². The molecule has 9 nitrogen and oxygen atoms in total. The van der Waals surface area contributed by atoms with Gasteiger partial charge in [0.05, 0.1) is 7.11 Å². The maximum Gasteiger partial charge on any atom is 0.408 e. The van der Waals surface area contributed by atoms with Gasteiger partial charge in [0.2, 0.25) is 0 Å². The van der Waals surface area contributed by atoms with E-state index in [1.807, 2.05) is 13.0 Å². The number of ether oxygens (including phenoxy) is 2. The van der Waals surface area contributed by atoms with Gasteiger partial charge in [-0.3, -0.25) is 0 Å². The molecule has 0 saturated carbocycles. The highest BCUT2D eigenvalue weighted by Crippen LogP contribution is 2.20. The van der Waals surface area contributed by atoms with Crippen molar-refractivity contribution in [3.8, 4) is 0 Å². The number of nitrogens with zero attached hydrogens (tertiary/aromatic N) is 3. The van der Waals surface area contributed by atoms with Crippen LogP contribution in [0.4, 0.5) is 10.6 Å². The Bertz CT molecular complexity index is 794. The number of hydrogen-bond acceptors (Lipinski definition) is 7. The first-order valence-corrected chi connectivity index (χ1v) is 7.77. The molecule has 2 rings (SSSR count). The van der Waals surface area contributed by atoms with E-state index in [0.29, 0.717) is 17.0 Å². The number of amides is 1. The zero-order valence-electron chi connectivity index (χ0n) is 15.0. The van der Waals surface area contributed by atoms with E-state index >= 15 is 0 Å². The topological polar surface area (TPSA) is 121 Å². The highest BCUT2D eigenvalue weighted by molar-refractivity contribution is 5.82. The van der Waals surface area contributed by atoms with Crippen molar-refractivity contribution < 1.29 is 19.1 Å². The molecule has 1 amide bonds. The maximum atomic E-state index is 12.1. The molecule has 0 radical (unpaired) electrons. The van der Waals surface area contributed by atoms with Crippen LogP contribution >= 0.6 is 0 Å². The molecule has 0 aliphatic rings. The van der Waals surface area contributed by atoms with Crippen molar-refractivity contribution >= 4 is 23.4 Å². The molecule has 2 heterocycles. The van der Waals surface area contributed by atoms with Crippen LogP contribution in [0.25, 0.3) is 5.52 Å². The van der Waals surface area contributed by atoms with Crippen molar-refractivity contribution in [2.24, 2.45) is 0 Å². The van der Waals surface area contributed by atoms with Gasteiger partial charge >= 0.3 is 12.1 Å². The van der Waals surface area contributed by atoms with E-state index in [1.165, 1.54) is 13.4 Å². The largest absolute Gasteiger partial charge is 0.467 e. The minimum atomic E-state index is -0.923. The number of hydrogen-bond donors (Lipinski definition) is 2. The molecule has 0 bridgehead atoms. The third kappa shape index (κ3) is 4.37. The average Bonchev–Trinajstić information content (AvgIpc) is 2.81. The Hall–Kier alpha value is -2.84. The van der Waals surface area contributed by atoms with E-state index in [4.69, 9.17) is 15.2 Å². The van der Waals surface area contributed by atoms with Crippen LogP contribution in [0.15, 0.2) is 12.4 Å². The number of nitrogens with two attached hydrogens (primary N) is 1. The number of rotatable bonds is 4. The molecule has 2 aromatic heterocycles. The number of aryl methyl sites for hydroxylation is 1. The zero-order chi connectivity index (χ0) is 18.8. The lowest BCUT2D eigenvalue weighted by molar-refractivity contribution is -0.143. The standard InChI is InChI=1S/C16H23N5O4/c1-9-6-10(21-12(9)13(17)18-8-19-21)7-11(14(22)24-5)20-15(23)25-16(2,3)4/h6,8,11H,7H2,1-5H3,(H,20,23)(H2,17,18,19). The van der Waals surface area contributed by atoms with E-state index in [9.17, 15) is 9.59 Å². The fourth-order valence-corrected chi connectivity index (χ4v) is 2.47. The predicted molar refractivity (Wildman–Crippen MR) is 91.0 cm³/mol. The SMILES string of the molecule is COC(=O)C(Cc1cc(C)c2c(N)ncnn12)NC(=O)OC(C)(C)C. The van der Waals surface area contributed by atoms with Gasteiger partial charge in [-0.2, -0.15) is 5.10 Å². The number of alkyl carbamates (subject to hydrolysis) is 1. The molecule has 1 atom stereocenters. The number of aromatic nitrogens is 3. The lowest BCUT2D eigenvalue weighted by Gasteiger charge is -2.22. The molecular formula is C16H23N5O4. The molecule has 3 N–H and O–H groups in total. The Morgan fingerprint density at radius 1 is 1.40 bits per heavy atom. The first kappa shape index (κ1) is 18.5. The van der Waals surface area contributed by atoms with Gasteiger partial charge in [-0.1, -0.05) is 0 Å². The maximum absolute atomic E-state index is 12.1. The lowest BCUT2D eigenvalue weighted by Crippen LogP contribution is -2.45. The molecule has 0 aromatic carbocycles. The molecule has 136 valence electrons. The second-order valence-electron chi connectivity index (χ2n) is 6.65. The van der Waals surface area contributed by atoms with Crippen molar-refractivity contribution in [3.63, 3.8) is 0 Å². The molecule has 0 aliphatic carbocycles. The van der Waals surface area contributed by atoms with Gasteiger partial charge in [-0.15, -0.1) is 0 Å². The Balaban J connectivity index is 2.28. The second-order valence-corrected chi connectivity index (χ2v) is 6.65. The van der Waals surface area contributed by atoms with Gasteiger partial charge < -0.3 is 20.5 Å². The number of fused-ring (bicyclic) bond motifs is 1. The fraction of sp³-hybridized carbons (Fsp3) is 0.500. The van der Waals surface area contributed by atoms with E-state index in [0.717, 1.165) is 5.56 Å². The van der Waals surface area contributed by atoms with Crippen LogP contribution in [-0.2, 0) is 20.7 Å². The van der Waals surface area contributed by atoms with Crippen LogP contribution in [0, 0.1) is 6.92 Å². The van der Waals surface area contributed by atoms with Crippen LogP contribution in [0.3, 0.4) is 0 Å². The summed E-state index contributed by atoms with van der Waals surface area (Å²) in [4.78, 5) is 28.0. The number of esters is 1. The summed E-state index contributed by atoms with van der Waals surface area (Å²) in [5.41, 5.74) is 7.43. The first-order valence-electron chi connectivity index (χ1n) is 7.77. The van der Waals surface area contributed by atoms with Gasteiger partial charge in [0.1, 0.15) is 23.5 Å².